The van der Waals surface area contributed by atoms with Crippen molar-refractivity contribution in [2.24, 2.45) is 11.8 Å². The predicted octanol–water partition coefficient (Wildman–Crippen LogP) is 4.03. The molecule has 4 heteroatoms. The second-order valence-corrected chi connectivity index (χ2v) is 6.76. The molecule has 2 atom stereocenters. The zero-order valence-corrected chi connectivity index (χ0v) is 13.0. The van der Waals surface area contributed by atoms with E-state index in [1.807, 2.05) is 18.2 Å². The minimum Gasteiger partial charge on any atom is -0.497 e. The summed E-state index contributed by atoms with van der Waals surface area (Å²) in [6, 6.07) is 5.61. The van der Waals surface area contributed by atoms with Crippen LogP contribution in [0.15, 0.2) is 18.2 Å². The Morgan fingerprint density at radius 1 is 1.18 bits per heavy atom. The van der Waals surface area contributed by atoms with Crippen LogP contribution in [-0.4, -0.2) is 22.2 Å². The van der Waals surface area contributed by atoms with Crippen LogP contribution in [0.4, 0.5) is 0 Å². The van der Waals surface area contributed by atoms with E-state index in [1.165, 1.54) is 32.1 Å². The molecule has 2 aromatic rings. The number of rotatable bonds is 6. The summed E-state index contributed by atoms with van der Waals surface area (Å²) in [5, 5.41) is 10.2. The highest BCUT2D eigenvalue weighted by Crippen LogP contribution is 2.52. The lowest BCUT2D eigenvalue weighted by Crippen LogP contribution is -1.95. The van der Waals surface area contributed by atoms with Gasteiger partial charge in [-0.15, -0.1) is 0 Å². The van der Waals surface area contributed by atoms with E-state index in [0.29, 0.717) is 17.4 Å². The number of ether oxygens (including phenoxy) is 1. The SMILES string of the molecule is COc1ccc2nc(C3CC3CCCC3CC3)c(O)nc2c1. The van der Waals surface area contributed by atoms with Crippen molar-refractivity contribution in [3.05, 3.63) is 23.9 Å². The van der Waals surface area contributed by atoms with Crippen LogP contribution in [0.2, 0.25) is 0 Å². The van der Waals surface area contributed by atoms with Gasteiger partial charge in [0, 0.05) is 12.0 Å². The van der Waals surface area contributed by atoms with Gasteiger partial charge in [-0.3, -0.25) is 0 Å². The van der Waals surface area contributed by atoms with Gasteiger partial charge in [-0.2, -0.15) is 0 Å². The van der Waals surface area contributed by atoms with Crippen molar-refractivity contribution in [2.75, 3.05) is 7.11 Å². The third-order valence-corrected chi connectivity index (χ3v) is 5.04. The van der Waals surface area contributed by atoms with Gasteiger partial charge in [0.2, 0.25) is 5.88 Å². The molecular formula is C18H22N2O2. The third-order valence-electron chi connectivity index (χ3n) is 5.04. The molecule has 2 saturated carbocycles. The molecule has 1 N–H and O–H groups in total. The molecule has 116 valence electrons. The van der Waals surface area contributed by atoms with Crippen LogP contribution in [0, 0.1) is 11.8 Å². The first kappa shape index (κ1) is 13.8. The standard InChI is InChI=1S/C18H22N2O2/c1-22-13-7-8-15-16(10-13)20-18(21)17(19-15)14-9-12(14)4-2-3-11-5-6-11/h7-8,10-12,14H,2-6,9H2,1H3,(H,20,21). The molecule has 0 spiro atoms. The number of nitrogens with zero attached hydrogens (tertiary/aromatic N) is 2. The van der Waals surface area contributed by atoms with Crippen molar-refractivity contribution in [3.8, 4) is 11.6 Å². The minimum atomic E-state index is 0.0930. The normalized spacial score (nSPS) is 23.7. The van der Waals surface area contributed by atoms with Gasteiger partial charge in [0.05, 0.1) is 18.1 Å². The summed E-state index contributed by atoms with van der Waals surface area (Å²) in [6.45, 7) is 0. The van der Waals surface area contributed by atoms with E-state index in [9.17, 15) is 5.11 Å². The summed E-state index contributed by atoms with van der Waals surface area (Å²) in [4.78, 5) is 8.96. The fourth-order valence-corrected chi connectivity index (χ4v) is 3.39. The number of methoxy groups -OCH3 is 1. The van der Waals surface area contributed by atoms with Crippen molar-refractivity contribution >= 4 is 11.0 Å². The average Bonchev–Trinajstić information content (AvgIpc) is 3.42. The van der Waals surface area contributed by atoms with E-state index < -0.39 is 0 Å². The van der Waals surface area contributed by atoms with Gasteiger partial charge < -0.3 is 9.84 Å². The van der Waals surface area contributed by atoms with Gasteiger partial charge in [-0.1, -0.05) is 25.7 Å². The van der Waals surface area contributed by atoms with E-state index in [-0.39, 0.29) is 5.88 Å². The van der Waals surface area contributed by atoms with Gasteiger partial charge in [-0.05, 0) is 36.8 Å². The van der Waals surface area contributed by atoms with Crippen LogP contribution in [-0.2, 0) is 0 Å². The molecule has 1 aromatic carbocycles. The number of aromatic hydroxyl groups is 1. The van der Waals surface area contributed by atoms with E-state index in [4.69, 9.17) is 4.74 Å². The second kappa shape index (κ2) is 5.41. The molecule has 2 aliphatic carbocycles. The molecule has 0 aliphatic heterocycles. The molecule has 2 fully saturated rings. The van der Waals surface area contributed by atoms with E-state index >= 15 is 0 Å². The Morgan fingerprint density at radius 2 is 2.05 bits per heavy atom. The molecule has 0 bridgehead atoms. The van der Waals surface area contributed by atoms with Crippen molar-refractivity contribution in [2.45, 2.75) is 44.4 Å². The van der Waals surface area contributed by atoms with E-state index in [1.54, 1.807) is 7.11 Å². The van der Waals surface area contributed by atoms with Crippen LogP contribution < -0.4 is 4.74 Å². The topological polar surface area (TPSA) is 55.2 Å². The molecule has 1 heterocycles. The second-order valence-electron chi connectivity index (χ2n) is 6.76. The zero-order chi connectivity index (χ0) is 15.1. The number of aromatic nitrogens is 2. The average molecular weight is 298 g/mol. The molecule has 4 rings (SSSR count). The first-order valence-corrected chi connectivity index (χ1v) is 8.29. The highest BCUT2D eigenvalue weighted by molar-refractivity contribution is 5.76. The Balaban J connectivity index is 1.48. The van der Waals surface area contributed by atoms with E-state index in [2.05, 4.69) is 9.97 Å². The summed E-state index contributed by atoms with van der Waals surface area (Å²) in [5.74, 6) is 2.93. The molecule has 4 nitrogen and oxygen atoms in total. The smallest absolute Gasteiger partial charge is 0.234 e. The highest BCUT2D eigenvalue weighted by Gasteiger charge is 2.41. The number of hydrogen-bond acceptors (Lipinski definition) is 4. The molecule has 22 heavy (non-hydrogen) atoms. The molecule has 0 saturated heterocycles. The quantitative estimate of drug-likeness (QED) is 0.875. The maximum atomic E-state index is 10.2. The number of benzene rings is 1. The number of fused-ring (bicyclic) bond motifs is 1. The monoisotopic (exact) mass is 298 g/mol. The van der Waals surface area contributed by atoms with Gasteiger partial charge in [0.15, 0.2) is 0 Å². The Hall–Kier alpha value is -1.84. The van der Waals surface area contributed by atoms with Crippen molar-refractivity contribution in [1.29, 1.82) is 0 Å². The molecule has 2 aliphatic rings. The van der Waals surface area contributed by atoms with E-state index in [0.717, 1.165) is 29.3 Å². The van der Waals surface area contributed by atoms with Crippen LogP contribution >= 0.6 is 0 Å². The van der Waals surface area contributed by atoms with Crippen LogP contribution in [0.1, 0.15) is 50.1 Å². The predicted molar refractivity (Wildman–Crippen MR) is 85.2 cm³/mol. The van der Waals surface area contributed by atoms with Gasteiger partial charge in [0.25, 0.3) is 0 Å². The molecular weight excluding hydrogens is 276 g/mol. The van der Waals surface area contributed by atoms with Crippen molar-refractivity contribution < 1.29 is 9.84 Å². The van der Waals surface area contributed by atoms with Gasteiger partial charge in [-0.25, -0.2) is 9.97 Å². The Labute approximate surface area is 130 Å². The highest BCUT2D eigenvalue weighted by atomic mass is 16.5. The fraction of sp³-hybridized carbons (Fsp3) is 0.556. The fourth-order valence-electron chi connectivity index (χ4n) is 3.39. The summed E-state index contributed by atoms with van der Waals surface area (Å²) < 4.78 is 5.19. The van der Waals surface area contributed by atoms with Gasteiger partial charge >= 0.3 is 0 Å². The Morgan fingerprint density at radius 3 is 2.82 bits per heavy atom. The van der Waals surface area contributed by atoms with Gasteiger partial charge in [0.1, 0.15) is 11.4 Å². The molecule has 2 unspecified atom stereocenters. The first-order valence-electron chi connectivity index (χ1n) is 8.29. The van der Waals surface area contributed by atoms with Crippen molar-refractivity contribution in [3.63, 3.8) is 0 Å². The summed E-state index contributed by atoms with van der Waals surface area (Å²) in [5.41, 5.74) is 2.30. The van der Waals surface area contributed by atoms with Crippen molar-refractivity contribution in [1.82, 2.24) is 9.97 Å². The lowest BCUT2D eigenvalue weighted by atomic mass is 10.1. The third kappa shape index (κ3) is 2.74. The lowest BCUT2D eigenvalue weighted by Gasteiger charge is -2.06. The maximum absolute atomic E-state index is 10.2. The van der Waals surface area contributed by atoms with Crippen LogP contribution in [0.3, 0.4) is 0 Å². The largest absolute Gasteiger partial charge is 0.497 e. The van der Waals surface area contributed by atoms with Crippen LogP contribution in [0.25, 0.3) is 11.0 Å². The summed E-state index contributed by atoms with van der Waals surface area (Å²) >= 11 is 0. The molecule has 1 aromatic heterocycles. The maximum Gasteiger partial charge on any atom is 0.234 e. The summed E-state index contributed by atoms with van der Waals surface area (Å²) in [6.07, 6.45) is 8.00. The Bertz CT molecular complexity index is 697. The lowest BCUT2D eigenvalue weighted by molar-refractivity contribution is 0.415. The number of hydrogen-bond donors (Lipinski definition) is 1. The molecule has 0 amide bonds. The first-order chi connectivity index (χ1) is 10.7. The Kier molecular flexibility index (Phi) is 3.40. The summed E-state index contributed by atoms with van der Waals surface area (Å²) in [7, 11) is 1.62. The zero-order valence-electron chi connectivity index (χ0n) is 13.0. The molecule has 0 radical (unpaired) electrons. The minimum absolute atomic E-state index is 0.0930. The van der Waals surface area contributed by atoms with Crippen LogP contribution in [0.5, 0.6) is 11.6 Å².